The molecule has 194 valence electrons. The number of piperidine rings is 1. The van der Waals surface area contributed by atoms with Crippen LogP contribution < -0.4 is 20.2 Å². The summed E-state index contributed by atoms with van der Waals surface area (Å²) in [5, 5.41) is 3.17. The van der Waals surface area contributed by atoms with E-state index in [-0.39, 0.29) is 30.2 Å². The van der Waals surface area contributed by atoms with Gasteiger partial charge in [0.15, 0.2) is 11.5 Å². The van der Waals surface area contributed by atoms with Crippen LogP contribution in [0.3, 0.4) is 0 Å². The fourth-order valence-corrected chi connectivity index (χ4v) is 5.13. The Morgan fingerprint density at radius 2 is 1.89 bits per heavy atom. The lowest BCUT2D eigenvalue weighted by atomic mass is 9.96. The molecule has 1 unspecified atom stereocenters. The third kappa shape index (κ3) is 5.16. The molecule has 2 aliphatic rings. The van der Waals surface area contributed by atoms with Gasteiger partial charge in [0, 0.05) is 31.9 Å². The first-order valence-corrected chi connectivity index (χ1v) is 13.4. The van der Waals surface area contributed by atoms with Gasteiger partial charge in [-0.3, -0.25) is 19.2 Å². The van der Waals surface area contributed by atoms with Crippen molar-refractivity contribution < 1.29 is 28.6 Å². The van der Waals surface area contributed by atoms with Crippen molar-refractivity contribution in [3.8, 4) is 11.5 Å². The number of amides is 2. The maximum atomic E-state index is 13.3. The normalized spacial score (nSPS) is 16.1. The lowest BCUT2D eigenvalue weighted by Gasteiger charge is -2.33. The lowest BCUT2D eigenvalue weighted by molar-refractivity contribution is -0.149. The summed E-state index contributed by atoms with van der Waals surface area (Å²) in [6.45, 7) is 3.35. The van der Waals surface area contributed by atoms with Gasteiger partial charge < -0.3 is 29.0 Å². The number of nitrogens with zero attached hydrogens (tertiary/aromatic N) is 2. The molecule has 1 atom stereocenters. The zero-order valence-corrected chi connectivity index (χ0v) is 21.5. The van der Waals surface area contributed by atoms with Gasteiger partial charge in [0.25, 0.3) is 5.91 Å². The van der Waals surface area contributed by atoms with Crippen molar-refractivity contribution in [2.45, 2.75) is 38.8 Å². The van der Waals surface area contributed by atoms with Crippen LogP contribution in [0.4, 0.5) is 0 Å². The Kier molecular flexibility index (Phi) is 8.07. The number of thioether (sulfide) groups is 1. The summed E-state index contributed by atoms with van der Waals surface area (Å²) in [4.78, 5) is 53.5. The van der Waals surface area contributed by atoms with Crippen molar-refractivity contribution in [1.29, 1.82) is 0 Å². The first-order chi connectivity index (χ1) is 17.4. The molecule has 1 aromatic heterocycles. The molecule has 4 rings (SSSR count). The molecule has 2 amide bonds. The largest absolute Gasteiger partial charge is 0.469 e. The van der Waals surface area contributed by atoms with Crippen molar-refractivity contribution in [1.82, 2.24) is 14.8 Å². The number of aromatic nitrogens is 1. The first kappa shape index (κ1) is 25.9. The molecular formula is C25H31N3O7S. The van der Waals surface area contributed by atoms with E-state index in [0.29, 0.717) is 67.1 Å². The quantitative estimate of drug-likeness (QED) is 0.529. The third-order valence-corrected chi connectivity index (χ3v) is 7.36. The number of hydrogen-bond donors (Lipinski definition) is 1. The molecule has 0 saturated carbocycles. The van der Waals surface area contributed by atoms with Crippen LogP contribution in [0.15, 0.2) is 23.1 Å². The van der Waals surface area contributed by atoms with Crippen molar-refractivity contribution in [3.05, 3.63) is 34.1 Å². The van der Waals surface area contributed by atoms with E-state index in [9.17, 15) is 19.2 Å². The molecule has 0 radical (unpaired) electrons. The van der Waals surface area contributed by atoms with Gasteiger partial charge in [-0.15, -0.1) is 0 Å². The number of rotatable bonds is 8. The fraction of sp³-hybridized carbons (Fsp3) is 0.520. The Morgan fingerprint density at radius 1 is 1.19 bits per heavy atom. The summed E-state index contributed by atoms with van der Waals surface area (Å²) >= 11 is 1.57. The highest BCUT2D eigenvalue weighted by molar-refractivity contribution is 7.98. The van der Waals surface area contributed by atoms with Gasteiger partial charge in [-0.1, -0.05) is 0 Å². The number of esters is 1. The minimum absolute atomic E-state index is 0.0328. The summed E-state index contributed by atoms with van der Waals surface area (Å²) in [5.41, 5.74) is 0.182. The Bertz CT molecular complexity index is 1220. The van der Waals surface area contributed by atoms with Crippen molar-refractivity contribution in [2.75, 3.05) is 39.0 Å². The van der Waals surface area contributed by atoms with E-state index < -0.39 is 17.4 Å². The highest BCUT2D eigenvalue weighted by atomic mass is 32.2. The number of nitrogens with one attached hydrogen (secondary N) is 1. The average molecular weight is 518 g/mol. The Labute approximate surface area is 213 Å². The molecule has 1 N–H and O–H groups in total. The molecule has 10 nitrogen and oxygen atoms in total. The number of carbonyl (C=O) groups excluding carboxylic acids is 3. The molecule has 1 aromatic carbocycles. The molecule has 11 heteroatoms. The second-order valence-corrected chi connectivity index (χ2v) is 9.80. The second kappa shape index (κ2) is 11.2. The van der Waals surface area contributed by atoms with E-state index in [0.717, 1.165) is 0 Å². The number of aryl methyl sites for hydroxylation is 1. The van der Waals surface area contributed by atoms with Gasteiger partial charge in [-0.2, -0.15) is 11.8 Å². The van der Waals surface area contributed by atoms with E-state index in [2.05, 4.69) is 5.32 Å². The summed E-state index contributed by atoms with van der Waals surface area (Å²) < 4.78 is 17.5. The number of ether oxygens (including phenoxy) is 3. The van der Waals surface area contributed by atoms with E-state index >= 15 is 0 Å². The predicted molar refractivity (Wildman–Crippen MR) is 136 cm³/mol. The van der Waals surface area contributed by atoms with E-state index in [1.165, 1.54) is 13.3 Å². The summed E-state index contributed by atoms with van der Waals surface area (Å²) in [6.07, 6.45) is 4.92. The molecule has 1 fully saturated rings. The van der Waals surface area contributed by atoms with Crippen LogP contribution in [-0.2, 0) is 20.9 Å². The summed E-state index contributed by atoms with van der Waals surface area (Å²) in [6, 6.07) is 2.57. The number of methoxy groups -OCH3 is 1. The molecule has 0 bridgehead atoms. The highest BCUT2D eigenvalue weighted by Gasteiger charge is 2.32. The smallest absolute Gasteiger partial charge is 0.308 e. The number of benzene rings is 1. The Morgan fingerprint density at radius 3 is 2.53 bits per heavy atom. The number of hydrogen-bond acceptors (Lipinski definition) is 8. The average Bonchev–Trinajstić information content (AvgIpc) is 3.37. The lowest BCUT2D eigenvalue weighted by Crippen LogP contribution is -2.52. The van der Waals surface area contributed by atoms with Gasteiger partial charge in [-0.05, 0) is 44.3 Å². The van der Waals surface area contributed by atoms with Gasteiger partial charge in [-0.25, -0.2) is 0 Å². The van der Waals surface area contributed by atoms with Gasteiger partial charge in [0.05, 0.1) is 23.9 Å². The van der Waals surface area contributed by atoms with Gasteiger partial charge in [0.2, 0.25) is 18.1 Å². The number of carbonyl (C=O) groups is 3. The van der Waals surface area contributed by atoms with Crippen LogP contribution in [0.1, 0.15) is 36.5 Å². The van der Waals surface area contributed by atoms with Crippen LogP contribution >= 0.6 is 11.8 Å². The topological polar surface area (TPSA) is 116 Å². The van der Waals surface area contributed by atoms with E-state index in [1.807, 2.05) is 17.7 Å². The Balaban J connectivity index is 1.57. The summed E-state index contributed by atoms with van der Waals surface area (Å²) in [7, 11) is 1.36. The van der Waals surface area contributed by atoms with Gasteiger partial charge in [0.1, 0.15) is 11.6 Å². The standard InChI is InChI=1S/C25H31N3O7S/c1-4-27-13-17(22(29)16-11-20-21(12-19(16)27)35-14-34-20)23(30)26-18(7-10-36-3)24(31)28-8-5-15(6-9-28)25(32)33-2/h11-13,15,18H,4-10,14H2,1-3H3,(H,26,30). The predicted octanol–water partition coefficient (Wildman–Crippen LogP) is 2.01. The van der Waals surface area contributed by atoms with E-state index in [1.54, 1.807) is 28.8 Å². The molecule has 36 heavy (non-hydrogen) atoms. The third-order valence-electron chi connectivity index (χ3n) is 6.72. The minimum Gasteiger partial charge on any atom is -0.469 e. The van der Waals surface area contributed by atoms with Crippen LogP contribution in [0.5, 0.6) is 11.5 Å². The monoisotopic (exact) mass is 517 g/mol. The zero-order valence-electron chi connectivity index (χ0n) is 20.7. The van der Waals surface area contributed by atoms with Crippen molar-refractivity contribution in [2.24, 2.45) is 5.92 Å². The maximum absolute atomic E-state index is 13.3. The molecule has 2 aliphatic heterocycles. The molecular weight excluding hydrogens is 486 g/mol. The van der Waals surface area contributed by atoms with E-state index in [4.69, 9.17) is 14.2 Å². The number of fused-ring (bicyclic) bond motifs is 2. The van der Waals surface area contributed by atoms with Crippen molar-refractivity contribution in [3.63, 3.8) is 0 Å². The number of likely N-dealkylation sites (tertiary alicyclic amines) is 1. The van der Waals surface area contributed by atoms with Crippen LogP contribution in [0.25, 0.3) is 10.9 Å². The zero-order chi connectivity index (χ0) is 25.8. The SMILES string of the molecule is CCn1cc(C(=O)NC(CCSC)C(=O)N2CCC(C(=O)OC)CC2)c(=O)c2cc3c(cc21)OCO3. The first-order valence-electron chi connectivity index (χ1n) is 12.0. The molecule has 2 aromatic rings. The number of pyridine rings is 1. The van der Waals surface area contributed by atoms with Crippen LogP contribution in [0.2, 0.25) is 0 Å². The highest BCUT2D eigenvalue weighted by Crippen LogP contribution is 2.35. The Hall–Kier alpha value is -3.21. The summed E-state index contributed by atoms with van der Waals surface area (Å²) in [5.74, 6) is 0.393. The molecule has 0 spiro atoms. The van der Waals surface area contributed by atoms with Crippen LogP contribution in [-0.4, -0.2) is 72.3 Å². The van der Waals surface area contributed by atoms with Crippen LogP contribution in [0, 0.1) is 5.92 Å². The fourth-order valence-electron chi connectivity index (χ4n) is 4.65. The minimum atomic E-state index is -0.776. The van der Waals surface area contributed by atoms with Gasteiger partial charge >= 0.3 is 5.97 Å². The second-order valence-electron chi connectivity index (χ2n) is 8.81. The molecule has 1 saturated heterocycles. The molecule has 0 aliphatic carbocycles. The molecule has 3 heterocycles. The van der Waals surface area contributed by atoms with Crippen molar-refractivity contribution >= 4 is 40.4 Å². The maximum Gasteiger partial charge on any atom is 0.308 e.